The average molecular weight is 395 g/mol. The third-order valence-electron chi connectivity index (χ3n) is 5.13. The molecule has 1 aliphatic rings. The van der Waals surface area contributed by atoms with Crippen molar-refractivity contribution in [2.75, 3.05) is 39.8 Å². The van der Waals surface area contributed by atoms with Crippen molar-refractivity contribution in [2.24, 2.45) is 16.3 Å². The molecule has 0 radical (unpaired) electrons. The summed E-state index contributed by atoms with van der Waals surface area (Å²) in [5, 5.41) is 9.10. The predicted molar refractivity (Wildman–Crippen MR) is 117 cm³/mol. The number of nitrogens with one attached hydrogen (secondary N) is 2. The van der Waals surface area contributed by atoms with E-state index in [1.54, 1.807) is 7.11 Å². The van der Waals surface area contributed by atoms with Gasteiger partial charge in [-0.1, -0.05) is 26.8 Å². The summed E-state index contributed by atoms with van der Waals surface area (Å²) in [7, 11) is 1.77. The van der Waals surface area contributed by atoms with Gasteiger partial charge in [0.25, 0.3) is 0 Å². The molecule has 0 bridgehead atoms. The topological polar surface area (TPSA) is 48.9 Å². The molecule has 1 aromatic heterocycles. The highest BCUT2D eigenvalue weighted by molar-refractivity contribution is 7.09. The molecule has 1 aromatic rings. The van der Waals surface area contributed by atoms with E-state index in [-0.39, 0.29) is 11.5 Å². The quantitative estimate of drug-likeness (QED) is 0.523. The molecule has 154 valence electrons. The Bertz CT molecular complexity index is 553. The lowest BCUT2D eigenvalue weighted by Gasteiger charge is -2.33. The Balaban J connectivity index is 1.84. The van der Waals surface area contributed by atoms with Gasteiger partial charge >= 0.3 is 0 Å². The molecule has 2 N–H and O–H groups in total. The number of nitrogens with zero attached hydrogens (tertiary/aromatic N) is 2. The molecule has 0 spiro atoms. The summed E-state index contributed by atoms with van der Waals surface area (Å²) in [6.07, 6.45) is 2.68. The van der Waals surface area contributed by atoms with Crippen molar-refractivity contribution in [2.45, 2.75) is 53.2 Å². The Kier molecular flexibility index (Phi) is 9.06. The summed E-state index contributed by atoms with van der Waals surface area (Å²) in [6, 6.07) is 4.39. The summed E-state index contributed by atoms with van der Waals surface area (Å²) in [6.45, 7) is 14.7. The second kappa shape index (κ2) is 11.0. The minimum Gasteiger partial charge on any atom is -0.379 e. The number of likely N-dealkylation sites (tertiary alicyclic amines) is 1. The third kappa shape index (κ3) is 7.80. The van der Waals surface area contributed by atoms with Crippen molar-refractivity contribution >= 4 is 17.3 Å². The zero-order valence-electron chi connectivity index (χ0n) is 17.8. The molecule has 6 heteroatoms. The molecule has 0 amide bonds. The first-order chi connectivity index (χ1) is 12.9. The van der Waals surface area contributed by atoms with Crippen LogP contribution in [0.4, 0.5) is 0 Å². The van der Waals surface area contributed by atoms with Crippen LogP contribution in [0.5, 0.6) is 0 Å². The number of ether oxygens (including phenoxy) is 1. The predicted octanol–water partition coefficient (Wildman–Crippen LogP) is 3.58. The van der Waals surface area contributed by atoms with Crippen LogP contribution in [0, 0.1) is 11.3 Å². The summed E-state index contributed by atoms with van der Waals surface area (Å²) in [5.41, 5.74) is 0.0846. The standard InChI is InChI=1S/C21H38N4OS/c1-6-22-20(24-14-19(26-5)21(2,3)4)23-13-17-9-7-11-25(15-17)16-18-10-8-12-27-18/h8,10,12,17,19H,6-7,9,11,13-16H2,1-5H3,(H2,22,23,24). The van der Waals surface area contributed by atoms with Gasteiger partial charge in [0, 0.05) is 38.2 Å². The number of hydrogen-bond donors (Lipinski definition) is 2. The lowest BCUT2D eigenvalue weighted by atomic mass is 9.89. The van der Waals surface area contributed by atoms with Gasteiger partial charge in [-0.3, -0.25) is 9.89 Å². The van der Waals surface area contributed by atoms with Gasteiger partial charge in [-0.2, -0.15) is 0 Å². The normalized spacial score (nSPS) is 20.5. The van der Waals surface area contributed by atoms with Gasteiger partial charge in [0.1, 0.15) is 0 Å². The maximum Gasteiger partial charge on any atom is 0.191 e. The van der Waals surface area contributed by atoms with Crippen molar-refractivity contribution in [1.29, 1.82) is 0 Å². The van der Waals surface area contributed by atoms with Crippen LogP contribution in [0.1, 0.15) is 45.4 Å². The summed E-state index contributed by atoms with van der Waals surface area (Å²) >= 11 is 1.86. The van der Waals surface area contributed by atoms with Crippen LogP contribution in [-0.4, -0.2) is 56.8 Å². The highest BCUT2D eigenvalue weighted by atomic mass is 32.1. The molecule has 2 atom stereocenters. The van der Waals surface area contributed by atoms with Crippen LogP contribution in [0.25, 0.3) is 0 Å². The minimum atomic E-state index is 0.0846. The summed E-state index contributed by atoms with van der Waals surface area (Å²) in [4.78, 5) is 8.83. The molecule has 1 fully saturated rings. The molecule has 27 heavy (non-hydrogen) atoms. The SMILES string of the molecule is CCNC(=NCC(OC)C(C)(C)C)NCC1CCCN(Cc2cccs2)C1. The maximum absolute atomic E-state index is 5.63. The Hall–Kier alpha value is -1.11. The van der Waals surface area contributed by atoms with Gasteiger partial charge in [-0.25, -0.2) is 0 Å². The van der Waals surface area contributed by atoms with E-state index in [1.165, 1.54) is 24.3 Å². The van der Waals surface area contributed by atoms with E-state index in [0.29, 0.717) is 12.5 Å². The fourth-order valence-corrected chi connectivity index (χ4v) is 4.29. The van der Waals surface area contributed by atoms with E-state index in [1.807, 2.05) is 11.3 Å². The van der Waals surface area contributed by atoms with Crippen LogP contribution >= 0.6 is 11.3 Å². The lowest BCUT2D eigenvalue weighted by Crippen LogP contribution is -2.44. The summed E-state index contributed by atoms with van der Waals surface area (Å²) in [5.74, 6) is 1.57. The molecule has 2 heterocycles. The number of piperidine rings is 1. The Morgan fingerprint density at radius 1 is 1.41 bits per heavy atom. The maximum atomic E-state index is 5.63. The van der Waals surface area contributed by atoms with Crippen LogP contribution in [-0.2, 0) is 11.3 Å². The van der Waals surface area contributed by atoms with Gasteiger partial charge in [0.2, 0.25) is 0 Å². The third-order valence-corrected chi connectivity index (χ3v) is 5.99. The highest BCUT2D eigenvalue weighted by Crippen LogP contribution is 2.22. The van der Waals surface area contributed by atoms with Crippen LogP contribution in [0.15, 0.2) is 22.5 Å². The zero-order valence-corrected chi connectivity index (χ0v) is 18.6. The molecular weight excluding hydrogens is 356 g/mol. The fraction of sp³-hybridized carbons (Fsp3) is 0.762. The zero-order chi connectivity index (χ0) is 19.7. The molecule has 0 saturated carbocycles. The molecule has 5 nitrogen and oxygen atoms in total. The number of thiophene rings is 1. The number of hydrogen-bond acceptors (Lipinski definition) is 4. The van der Waals surface area contributed by atoms with Crippen LogP contribution < -0.4 is 10.6 Å². The molecule has 1 aliphatic heterocycles. The van der Waals surface area contributed by atoms with Crippen LogP contribution in [0.2, 0.25) is 0 Å². The first-order valence-electron chi connectivity index (χ1n) is 10.2. The second-order valence-electron chi connectivity index (χ2n) is 8.51. The molecule has 0 aromatic carbocycles. The van der Waals surface area contributed by atoms with Gasteiger partial charge in [0.05, 0.1) is 12.6 Å². The monoisotopic (exact) mass is 394 g/mol. The van der Waals surface area contributed by atoms with Gasteiger partial charge < -0.3 is 15.4 Å². The van der Waals surface area contributed by atoms with Crippen molar-refractivity contribution in [3.8, 4) is 0 Å². The largest absolute Gasteiger partial charge is 0.379 e. The Labute approximate surface area is 169 Å². The highest BCUT2D eigenvalue weighted by Gasteiger charge is 2.24. The fourth-order valence-electron chi connectivity index (χ4n) is 3.54. The van der Waals surface area contributed by atoms with Crippen LogP contribution in [0.3, 0.4) is 0 Å². The number of methoxy groups -OCH3 is 1. The van der Waals surface area contributed by atoms with E-state index in [9.17, 15) is 0 Å². The van der Waals surface area contributed by atoms with E-state index in [4.69, 9.17) is 9.73 Å². The number of rotatable bonds is 8. The van der Waals surface area contributed by atoms with Crippen molar-refractivity contribution in [1.82, 2.24) is 15.5 Å². The van der Waals surface area contributed by atoms with Crippen molar-refractivity contribution < 1.29 is 4.74 Å². The van der Waals surface area contributed by atoms with E-state index in [2.05, 4.69) is 60.7 Å². The van der Waals surface area contributed by atoms with E-state index >= 15 is 0 Å². The van der Waals surface area contributed by atoms with Gasteiger partial charge in [0.15, 0.2) is 5.96 Å². The van der Waals surface area contributed by atoms with E-state index < -0.39 is 0 Å². The lowest BCUT2D eigenvalue weighted by molar-refractivity contribution is 0.0241. The smallest absolute Gasteiger partial charge is 0.191 e. The average Bonchev–Trinajstić information content (AvgIpc) is 3.12. The number of aliphatic imine (C=N–C) groups is 1. The minimum absolute atomic E-state index is 0.0846. The van der Waals surface area contributed by atoms with Crippen molar-refractivity contribution in [3.05, 3.63) is 22.4 Å². The Morgan fingerprint density at radius 3 is 2.85 bits per heavy atom. The first-order valence-corrected chi connectivity index (χ1v) is 11.1. The number of guanidine groups is 1. The molecular formula is C21H38N4OS. The second-order valence-corrected chi connectivity index (χ2v) is 9.55. The Morgan fingerprint density at radius 2 is 2.22 bits per heavy atom. The first kappa shape index (κ1) is 22.2. The molecule has 2 rings (SSSR count). The summed E-state index contributed by atoms with van der Waals surface area (Å²) < 4.78 is 5.63. The molecule has 0 aliphatic carbocycles. The van der Waals surface area contributed by atoms with Crippen molar-refractivity contribution in [3.63, 3.8) is 0 Å². The van der Waals surface area contributed by atoms with Gasteiger partial charge in [-0.15, -0.1) is 11.3 Å². The molecule has 1 saturated heterocycles. The van der Waals surface area contributed by atoms with Gasteiger partial charge in [-0.05, 0) is 49.1 Å². The van der Waals surface area contributed by atoms with E-state index in [0.717, 1.165) is 32.1 Å². The molecule has 2 unspecified atom stereocenters.